The van der Waals surface area contributed by atoms with E-state index in [1.54, 1.807) is 26.6 Å². The summed E-state index contributed by atoms with van der Waals surface area (Å²) in [6, 6.07) is 1.83. The van der Waals surface area contributed by atoms with Gasteiger partial charge in [-0.05, 0) is 38.2 Å². The summed E-state index contributed by atoms with van der Waals surface area (Å²) in [6.07, 6.45) is 11.7. The van der Waals surface area contributed by atoms with Crippen molar-refractivity contribution in [2.75, 3.05) is 14.2 Å². The third-order valence-electron chi connectivity index (χ3n) is 5.39. The van der Waals surface area contributed by atoms with Gasteiger partial charge < -0.3 is 14.6 Å². The van der Waals surface area contributed by atoms with Crippen molar-refractivity contribution in [2.45, 2.75) is 50.4 Å². The van der Waals surface area contributed by atoms with Gasteiger partial charge >= 0.3 is 0 Å². The fourth-order valence-electron chi connectivity index (χ4n) is 3.40. The molecule has 0 bridgehead atoms. The number of methoxy groups -OCH3 is 2. The molecule has 0 saturated heterocycles. The Kier molecular flexibility index (Phi) is 5.32. The number of aliphatic hydroxyl groups is 1. The van der Waals surface area contributed by atoms with E-state index in [0.29, 0.717) is 11.8 Å². The van der Waals surface area contributed by atoms with Crippen LogP contribution < -0.4 is 0 Å². The van der Waals surface area contributed by atoms with E-state index in [1.165, 1.54) is 12.0 Å². The zero-order valence-corrected chi connectivity index (χ0v) is 15.2. The van der Waals surface area contributed by atoms with Crippen LogP contribution in [0, 0.1) is 11.8 Å². The van der Waals surface area contributed by atoms with Crippen LogP contribution in [0.1, 0.15) is 44.9 Å². The highest BCUT2D eigenvalue weighted by Crippen LogP contribution is 2.48. The zero-order valence-electron chi connectivity index (χ0n) is 15.2. The highest BCUT2D eigenvalue weighted by Gasteiger charge is 2.41. The molecule has 3 aliphatic rings. The minimum absolute atomic E-state index is 0.442. The highest BCUT2D eigenvalue weighted by molar-refractivity contribution is 5.79. The third-order valence-corrected chi connectivity index (χ3v) is 5.39. The molecule has 25 heavy (non-hydrogen) atoms. The number of allylic oxidation sites excluding steroid dienone is 1. The van der Waals surface area contributed by atoms with Gasteiger partial charge in [-0.3, -0.25) is 4.99 Å². The zero-order chi connectivity index (χ0) is 17.9. The lowest BCUT2D eigenvalue weighted by Gasteiger charge is -2.40. The number of hydrogen-bond donors (Lipinski definition) is 1. The molecule has 1 aliphatic heterocycles. The summed E-state index contributed by atoms with van der Waals surface area (Å²) in [5, 5.41) is 9.69. The Morgan fingerprint density at radius 3 is 2.32 bits per heavy atom. The predicted molar refractivity (Wildman–Crippen MR) is 95.9 cm³/mol. The number of hydrogen-bond acceptors (Lipinski definition) is 6. The molecule has 136 valence electrons. The lowest BCUT2D eigenvalue weighted by Crippen LogP contribution is -2.43. The summed E-state index contributed by atoms with van der Waals surface area (Å²) < 4.78 is 10.6. The average molecular weight is 345 g/mol. The van der Waals surface area contributed by atoms with E-state index in [4.69, 9.17) is 9.47 Å². The van der Waals surface area contributed by atoms with Crippen LogP contribution in [0.15, 0.2) is 29.7 Å². The first-order chi connectivity index (χ1) is 12.0. The molecular weight excluding hydrogens is 318 g/mol. The van der Waals surface area contributed by atoms with Gasteiger partial charge in [-0.15, -0.1) is 0 Å². The summed E-state index contributed by atoms with van der Waals surface area (Å²) >= 11 is 0. The fraction of sp³-hybridized carbons (Fsp3) is 0.632. The summed E-state index contributed by atoms with van der Waals surface area (Å²) in [5.41, 5.74) is 0.675. The van der Waals surface area contributed by atoms with Crippen LogP contribution in [-0.2, 0) is 9.47 Å². The number of fused-ring (bicyclic) bond motifs is 1. The Morgan fingerprint density at radius 1 is 1.08 bits per heavy atom. The first-order valence-electron chi connectivity index (χ1n) is 8.82. The molecule has 0 aromatic carbocycles. The maximum atomic E-state index is 9.69. The number of aromatic nitrogens is 2. The smallest absolute Gasteiger partial charge is 0.167 e. The number of nitrogens with zero attached hydrogens (tertiary/aromatic N) is 3. The summed E-state index contributed by atoms with van der Waals surface area (Å²) in [5.74, 6) is 1.69. The molecule has 2 fully saturated rings. The van der Waals surface area contributed by atoms with Gasteiger partial charge in [-0.25, -0.2) is 9.97 Å². The van der Waals surface area contributed by atoms with E-state index < -0.39 is 11.4 Å². The summed E-state index contributed by atoms with van der Waals surface area (Å²) in [6.45, 7) is 1.86. The maximum Gasteiger partial charge on any atom is 0.167 e. The van der Waals surface area contributed by atoms with Gasteiger partial charge in [0.15, 0.2) is 11.6 Å². The molecule has 6 heteroatoms. The molecule has 2 heterocycles. The molecule has 4 rings (SSSR count). The quantitative estimate of drug-likeness (QED) is 0.853. The lowest BCUT2D eigenvalue weighted by molar-refractivity contribution is -0.239. The molecule has 1 aromatic heterocycles. The van der Waals surface area contributed by atoms with Gasteiger partial charge in [0.25, 0.3) is 0 Å². The minimum Gasteiger partial charge on any atom is -0.390 e. The van der Waals surface area contributed by atoms with Crippen LogP contribution >= 0.6 is 0 Å². The Morgan fingerprint density at radius 2 is 1.72 bits per heavy atom. The van der Waals surface area contributed by atoms with E-state index in [0.717, 1.165) is 31.5 Å². The molecule has 0 radical (unpaired) electrons. The number of ether oxygens (including phenoxy) is 2. The maximum absolute atomic E-state index is 9.69. The van der Waals surface area contributed by atoms with E-state index in [-0.39, 0.29) is 0 Å². The van der Waals surface area contributed by atoms with Crippen molar-refractivity contribution >= 4 is 11.8 Å². The van der Waals surface area contributed by atoms with Crippen molar-refractivity contribution in [3.8, 4) is 0 Å². The number of aliphatic imine (C=N–C) groups is 1. The molecule has 1 aromatic rings. The van der Waals surface area contributed by atoms with Crippen LogP contribution in [0.2, 0.25) is 0 Å². The van der Waals surface area contributed by atoms with Crippen molar-refractivity contribution in [1.82, 2.24) is 9.97 Å². The van der Waals surface area contributed by atoms with Crippen molar-refractivity contribution in [2.24, 2.45) is 16.8 Å². The van der Waals surface area contributed by atoms with Crippen molar-refractivity contribution < 1.29 is 14.6 Å². The molecule has 0 amide bonds. The van der Waals surface area contributed by atoms with Crippen LogP contribution in [0.4, 0.5) is 0 Å². The third kappa shape index (κ3) is 4.32. The van der Waals surface area contributed by atoms with Crippen LogP contribution in [0.3, 0.4) is 0 Å². The molecule has 2 unspecified atom stereocenters. The second-order valence-electron chi connectivity index (χ2n) is 7.28. The van der Waals surface area contributed by atoms with E-state index in [9.17, 15) is 5.11 Å². The van der Waals surface area contributed by atoms with Gasteiger partial charge in [0.1, 0.15) is 0 Å². The molecule has 2 saturated carbocycles. The molecular formula is C19H27N3O3. The summed E-state index contributed by atoms with van der Waals surface area (Å²) in [7, 11) is 3.31. The lowest BCUT2D eigenvalue weighted by atomic mass is 9.83. The van der Waals surface area contributed by atoms with Crippen LogP contribution in [0.25, 0.3) is 5.57 Å². The topological polar surface area (TPSA) is 76.8 Å². The van der Waals surface area contributed by atoms with Crippen LogP contribution in [-0.4, -0.2) is 46.9 Å². The average Bonchev–Trinajstić information content (AvgIpc) is 3.43. The molecule has 0 spiro atoms. The Bertz CT molecular complexity index is 627. The largest absolute Gasteiger partial charge is 0.390 e. The van der Waals surface area contributed by atoms with E-state index in [2.05, 4.69) is 15.0 Å². The fourth-order valence-corrected chi connectivity index (χ4v) is 3.40. The Balaban J connectivity index is 0.000000147. The monoisotopic (exact) mass is 345 g/mol. The van der Waals surface area contributed by atoms with Gasteiger partial charge in [-0.1, -0.05) is 0 Å². The summed E-state index contributed by atoms with van der Waals surface area (Å²) in [4.78, 5) is 12.6. The first kappa shape index (κ1) is 18.2. The van der Waals surface area contributed by atoms with Crippen LogP contribution in [0.5, 0.6) is 0 Å². The van der Waals surface area contributed by atoms with Crippen molar-refractivity contribution in [3.63, 3.8) is 0 Å². The second-order valence-corrected chi connectivity index (χ2v) is 7.28. The van der Waals surface area contributed by atoms with Crippen molar-refractivity contribution in [1.29, 1.82) is 0 Å². The molecule has 2 aliphatic carbocycles. The van der Waals surface area contributed by atoms with Gasteiger partial charge in [0.05, 0.1) is 5.60 Å². The predicted octanol–water partition coefficient (Wildman–Crippen LogP) is 2.84. The normalized spacial score (nSPS) is 28.2. The highest BCUT2D eigenvalue weighted by atomic mass is 16.7. The standard InChI is InChI=1S/C10H9N3.C9H18O3/c1-2-12-10(13-3-1)9-6-11-5-7-4-8(7)9;1-8(10)4-6-9(11-2,12-3)7-5-8/h1-3,5-8H,4H2;10H,4-7H2,1-3H3. The molecule has 6 nitrogen and oxygen atoms in total. The van der Waals surface area contributed by atoms with E-state index in [1.807, 2.05) is 25.4 Å². The molecule has 2 atom stereocenters. The van der Waals surface area contributed by atoms with Gasteiger partial charge in [0.2, 0.25) is 0 Å². The SMILES string of the molecule is C1=NC=C(c2ncccn2)C2CC12.COC1(OC)CCC(C)(O)CC1. The second kappa shape index (κ2) is 7.32. The molecule has 1 N–H and O–H groups in total. The minimum atomic E-state index is -0.527. The number of rotatable bonds is 3. The van der Waals surface area contributed by atoms with E-state index >= 15 is 0 Å². The first-order valence-corrected chi connectivity index (χ1v) is 8.82. The van der Waals surface area contributed by atoms with Gasteiger partial charge in [0, 0.05) is 63.4 Å². The van der Waals surface area contributed by atoms with Crippen molar-refractivity contribution in [3.05, 3.63) is 30.5 Å². The Hall–Kier alpha value is -1.63. The Labute approximate surface area is 149 Å². The van der Waals surface area contributed by atoms with Gasteiger partial charge in [-0.2, -0.15) is 0 Å².